The van der Waals surface area contributed by atoms with E-state index in [9.17, 15) is 0 Å². The van der Waals surface area contributed by atoms with Crippen molar-refractivity contribution < 1.29 is 43.9 Å². The van der Waals surface area contributed by atoms with Gasteiger partial charge < -0.3 is 32.9 Å². The van der Waals surface area contributed by atoms with Crippen molar-refractivity contribution in [2.24, 2.45) is 0 Å². The van der Waals surface area contributed by atoms with Gasteiger partial charge in [0.25, 0.3) is 0 Å². The third-order valence-corrected chi connectivity index (χ3v) is 0. The molecule has 0 aliphatic carbocycles. The van der Waals surface area contributed by atoms with Crippen molar-refractivity contribution in [2.75, 3.05) is 0 Å². The van der Waals surface area contributed by atoms with Gasteiger partial charge in [0.05, 0.1) is 0 Å². The molecular weight excluding hydrogens is 501 g/mol. The molecule has 0 heterocycles. The quantitative estimate of drug-likeness (QED) is 0.403. The second-order valence-electron chi connectivity index (χ2n) is 0.714. The molecular formula is H15Cl6IrO6. The first-order valence-corrected chi connectivity index (χ1v) is 18.6. The van der Waals surface area contributed by atoms with Gasteiger partial charge >= 0.3 is 68.6 Å². The Morgan fingerprint density at radius 2 is 0.462 bits per heavy atom. The van der Waals surface area contributed by atoms with Crippen molar-refractivity contribution in [3.05, 3.63) is 0 Å². The third kappa shape index (κ3) is 452. The normalized spacial score (nSPS) is 12.5. The van der Waals surface area contributed by atoms with Gasteiger partial charge in [0.2, 0.25) is 0 Å². The molecule has 0 aromatic carbocycles. The maximum Gasteiger partial charge on any atom is 1.00 e. The van der Waals surface area contributed by atoms with Crippen molar-refractivity contribution in [2.45, 2.75) is 0 Å². The SMILES string of the molecule is O.O.O.O.O.O.[Cl][Ir-3]([Cl])([Cl])([Cl])([Cl])[Cl].[H+].[H+].[H+]. The molecule has 0 spiro atoms. The Hall–Kier alpha value is 2.15. The first-order chi connectivity index (χ1) is 2.45. The Morgan fingerprint density at radius 3 is 0.462 bits per heavy atom. The summed E-state index contributed by atoms with van der Waals surface area (Å²) < 4.78 is 0. The van der Waals surface area contributed by atoms with Crippen LogP contribution in [0.5, 0.6) is 0 Å². The first kappa shape index (κ1) is 45.7. The van der Waals surface area contributed by atoms with E-state index in [1.165, 1.54) is 0 Å². The zero-order valence-electron chi connectivity index (χ0n) is 8.60. The second-order valence-corrected chi connectivity index (χ2v) is 52.6. The Labute approximate surface area is 101 Å². The topological polar surface area (TPSA) is 189 Å². The Balaban J connectivity index is -0.00000000500. The molecule has 102 valence electrons. The molecule has 13 heavy (non-hydrogen) atoms. The molecule has 13 heteroatoms. The van der Waals surface area contributed by atoms with Crippen LogP contribution in [0, 0.1) is 0 Å². The van der Waals surface area contributed by atoms with Crippen LogP contribution in [-0.2, 0) is 6.81 Å². The number of hydrogen-bond donors (Lipinski definition) is 0. The molecule has 0 saturated carbocycles. The van der Waals surface area contributed by atoms with Gasteiger partial charge in [0, 0.05) is 0 Å². The minimum Gasteiger partial charge on any atom is 1.00 e. The van der Waals surface area contributed by atoms with Gasteiger partial charge in [-0.05, 0) is 0 Å². The monoisotopic (exact) mass is 514 g/mol. The summed E-state index contributed by atoms with van der Waals surface area (Å²) in [5.74, 6) is 0. The number of halogens is 6. The van der Waals surface area contributed by atoms with Gasteiger partial charge in [-0.1, -0.05) is 0 Å². The van der Waals surface area contributed by atoms with Gasteiger partial charge in [-0.2, -0.15) is 0 Å². The molecule has 0 unspecified atom stereocenters. The predicted octanol–water partition coefficient (Wildman–Crippen LogP) is -0.476. The van der Waals surface area contributed by atoms with Crippen molar-refractivity contribution in [1.29, 1.82) is 0 Å². The van der Waals surface area contributed by atoms with Crippen LogP contribution in [0.2, 0.25) is 0 Å². The molecule has 0 radical (unpaired) electrons. The molecule has 12 N–H and O–H groups in total. The Morgan fingerprint density at radius 1 is 0.462 bits per heavy atom. The summed E-state index contributed by atoms with van der Waals surface area (Å²) in [6, 6.07) is 0. The summed E-state index contributed by atoms with van der Waals surface area (Å²) in [6.07, 6.45) is 0. The average molecular weight is 516 g/mol. The summed E-state index contributed by atoms with van der Waals surface area (Å²) in [5.41, 5.74) is 0. The van der Waals surface area contributed by atoms with Crippen molar-refractivity contribution in [1.82, 2.24) is 0 Å². The fraction of sp³-hybridized carbons (Fsp3) is 0. The molecule has 0 rings (SSSR count). The molecule has 0 saturated heterocycles. The van der Waals surface area contributed by atoms with Gasteiger partial charge in [0.1, 0.15) is 0 Å². The molecule has 0 aliphatic heterocycles. The first-order valence-electron chi connectivity index (χ1n) is 0.756. The summed E-state index contributed by atoms with van der Waals surface area (Å²) in [4.78, 5) is 0. The van der Waals surface area contributed by atoms with Gasteiger partial charge in [-0.3, -0.25) is 0 Å². The van der Waals surface area contributed by atoms with Crippen LogP contribution in [-0.4, -0.2) is 32.9 Å². The molecule has 0 atom stereocenters. The second kappa shape index (κ2) is 8.32. The smallest absolute Gasteiger partial charge is 1.00 e. The van der Waals surface area contributed by atoms with E-state index in [1.54, 1.807) is 0 Å². The van der Waals surface area contributed by atoms with Crippen LogP contribution in [0.15, 0.2) is 0 Å². The van der Waals surface area contributed by atoms with Crippen LogP contribution in [0.4, 0.5) is 0 Å². The Kier molecular flexibility index (Phi) is 29.2. The van der Waals surface area contributed by atoms with Crippen LogP contribution >= 0.6 is 57.5 Å². The predicted molar refractivity (Wildman–Crippen MR) is 60.1 cm³/mol. The molecule has 0 bridgehead atoms. The van der Waals surface area contributed by atoms with Crippen LogP contribution < -0.4 is 0 Å². The van der Waals surface area contributed by atoms with Gasteiger partial charge in [0.15, 0.2) is 0 Å². The van der Waals surface area contributed by atoms with Crippen molar-refractivity contribution in [3.8, 4) is 0 Å². The van der Waals surface area contributed by atoms with Crippen LogP contribution in [0.1, 0.15) is 4.28 Å². The molecule has 0 fully saturated rings. The standard InChI is InChI=1S/6ClH.Ir.6H2O/h6*1H;;6*1H2/q;;;;;;+3;;;;;;/p-3. The third-order valence-electron chi connectivity index (χ3n) is 0. The average Bonchev–Trinajstić information content (AvgIpc) is 0.592. The molecule has 6 nitrogen and oxygen atoms in total. The van der Waals surface area contributed by atoms with E-state index >= 15 is 0 Å². The van der Waals surface area contributed by atoms with E-state index in [4.69, 9.17) is 57.5 Å². The van der Waals surface area contributed by atoms with E-state index < -0.39 is 6.81 Å². The minimum absolute atomic E-state index is 0. The maximum atomic E-state index is 5.06. The van der Waals surface area contributed by atoms with E-state index in [2.05, 4.69) is 0 Å². The maximum absolute atomic E-state index is 5.33. The summed E-state index contributed by atoms with van der Waals surface area (Å²) >= 11 is 0. The minimum atomic E-state index is -5.33. The number of rotatable bonds is 0. The fourth-order valence-corrected chi connectivity index (χ4v) is 0. The Bertz CT molecular complexity index is 86.8. The van der Waals surface area contributed by atoms with Gasteiger partial charge in [-0.15, -0.1) is 0 Å². The molecule has 0 aliphatic rings. The molecule has 0 aromatic heterocycles. The largest absolute Gasteiger partial charge is 1.00 e. The van der Waals surface area contributed by atoms with E-state index in [1.807, 2.05) is 0 Å². The fourth-order valence-electron chi connectivity index (χ4n) is 0. The summed E-state index contributed by atoms with van der Waals surface area (Å²) in [6.45, 7) is -5.33. The zero-order valence-corrected chi connectivity index (χ0v) is 12.5. The van der Waals surface area contributed by atoms with Crippen LogP contribution in [0.25, 0.3) is 0 Å². The van der Waals surface area contributed by atoms with Crippen LogP contribution in [0.3, 0.4) is 0 Å². The molecule has 0 amide bonds. The van der Waals surface area contributed by atoms with E-state index in [-0.39, 0.29) is 37.1 Å². The van der Waals surface area contributed by atoms with Crippen molar-refractivity contribution >= 4 is 57.5 Å². The van der Waals surface area contributed by atoms with E-state index in [0.717, 1.165) is 0 Å². The zero-order chi connectivity index (χ0) is 6.41. The molecule has 0 aromatic rings. The summed E-state index contributed by atoms with van der Waals surface area (Å²) in [7, 11) is 30.3. The van der Waals surface area contributed by atoms with E-state index in [0.29, 0.717) is 0 Å². The number of hydrogen-bond acceptors (Lipinski definition) is 0. The van der Waals surface area contributed by atoms with Crippen molar-refractivity contribution in [3.63, 3.8) is 0 Å². The summed E-state index contributed by atoms with van der Waals surface area (Å²) in [5, 5.41) is 0. The van der Waals surface area contributed by atoms with Gasteiger partial charge in [-0.25, -0.2) is 0 Å².